The summed E-state index contributed by atoms with van der Waals surface area (Å²) in [7, 11) is 0. The molecule has 0 heterocycles. The molecule has 0 bridgehead atoms. The minimum atomic E-state index is -0.744. The van der Waals surface area contributed by atoms with E-state index in [1.165, 1.54) is 5.56 Å². The summed E-state index contributed by atoms with van der Waals surface area (Å²) in [4.78, 5) is 13.1. The van der Waals surface area contributed by atoms with Crippen molar-refractivity contribution >= 4 is 5.97 Å². The number of benzene rings is 1. The monoisotopic (exact) mass is 261 g/mol. The number of carbonyl (C=O) groups is 1. The molecule has 3 nitrogen and oxygen atoms in total. The molecule has 19 heavy (non-hydrogen) atoms. The van der Waals surface area contributed by atoms with E-state index >= 15 is 0 Å². The van der Waals surface area contributed by atoms with Gasteiger partial charge < -0.3 is 5.11 Å². The Morgan fingerprint density at radius 1 is 1.37 bits per heavy atom. The van der Waals surface area contributed by atoms with Crippen molar-refractivity contribution in [2.75, 3.05) is 19.6 Å². The molecular formula is C16H23NO2. The highest BCUT2D eigenvalue weighted by atomic mass is 16.4. The van der Waals surface area contributed by atoms with Crippen molar-refractivity contribution in [2.45, 2.75) is 20.3 Å². The third-order valence-electron chi connectivity index (χ3n) is 3.01. The highest BCUT2D eigenvalue weighted by molar-refractivity contribution is 5.69. The molecule has 1 N–H and O–H groups in total. The second kappa shape index (κ2) is 7.74. The number of carboxylic acid groups (broad SMARTS) is 1. The number of aliphatic carboxylic acids is 1. The molecule has 0 saturated heterocycles. The van der Waals surface area contributed by atoms with E-state index in [-0.39, 0.29) is 5.92 Å². The van der Waals surface area contributed by atoms with E-state index in [0.29, 0.717) is 6.54 Å². The van der Waals surface area contributed by atoms with E-state index in [1.54, 1.807) is 6.92 Å². The van der Waals surface area contributed by atoms with Crippen LogP contribution in [0, 0.1) is 5.92 Å². The minimum absolute atomic E-state index is 0.352. The van der Waals surface area contributed by atoms with Crippen LogP contribution in [0.2, 0.25) is 0 Å². The minimum Gasteiger partial charge on any atom is -0.481 e. The first-order chi connectivity index (χ1) is 8.99. The zero-order chi connectivity index (χ0) is 14.3. The highest BCUT2D eigenvalue weighted by Crippen LogP contribution is 2.07. The Balaban J connectivity index is 2.54. The highest BCUT2D eigenvalue weighted by Gasteiger charge is 2.16. The summed E-state index contributed by atoms with van der Waals surface area (Å²) in [6.07, 6.45) is 0.931. The lowest BCUT2D eigenvalue weighted by Gasteiger charge is -2.24. The SMILES string of the molecule is C=C(C)CN(CCc1ccccc1)CC(C)C(=O)O. The van der Waals surface area contributed by atoms with Gasteiger partial charge >= 0.3 is 5.97 Å². The molecule has 0 spiro atoms. The molecule has 0 aliphatic rings. The van der Waals surface area contributed by atoms with E-state index in [2.05, 4.69) is 23.6 Å². The Morgan fingerprint density at radius 2 is 2.00 bits per heavy atom. The molecule has 1 rings (SSSR count). The van der Waals surface area contributed by atoms with Crippen molar-refractivity contribution in [3.8, 4) is 0 Å². The van der Waals surface area contributed by atoms with Crippen LogP contribution in [-0.2, 0) is 11.2 Å². The van der Waals surface area contributed by atoms with Gasteiger partial charge in [0.05, 0.1) is 5.92 Å². The summed E-state index contributed by atoms with van der Waals surface area (Å²) in [5.74, 6) is -1.10. The summed E-state index contributed by atoms with van der Waals surface area (Å²) < 4.78 is 0. The molecule has 0 fully saturated rings. The predicted octanol–water partition coefficient (Wildman–Crippen LogP) is 2.83. The first kappa shape index (κ1) is 15.4. The van der Waals surface area contributed by atoms with Gasteiger partial charge in [0.25, 0.3) is 0 Å². The van der Waals surface area contributed by atoms with Gasteiger partial charge in [-0.25, -0.2) is 0 Å². The molecule has 0 saturated carbocycles. The first-order valence-electron chi connectivity index (χ1n) is 6.62. The molecule has 1 aromatic carbocycles. The van der Waals surface area contributed by atoms with Crippen LogP contribution < -0.4 is 0 Å². The van der Waals surface area contributed by atoms with Crippen molar-refractivity contribution in [3.63, 3.8) is 0 Å². The zero-order valence-corrected chi connectivity index (χ0v) is 11.8. The number of hydrogen-bond donors (Lipinski definition) is 1. The van der Waals surface area contributed by atoms with Crippen LogP contribution in [0.25, 0.3) is 0 Å². The van der Waals surface area contributed by atoms with E-state index < -0.39 is 5.97 Å². The van der Waals surface area contributed by atoms with Crippen molar-refractivity contribution in [1.82, 2.24) is 4.90 Å². The van der Waals surface area contributed by atoms with Crippen LogP contribution in [0.5, 0.6) is 0 Å². The average Bonchev–Trinajstić information content (AvgIpc) is 2.36. The fourth-order valence-corrected chi connectivity index (χ4v) is 2.01. The van der Waals surface area contributed by atoms with Crippen LogP contribution >= 0.6 is 0 Å². The smallest absolute Gasteiger partial charge is 0.307 e. The Kier molecular flexibility index (Phi) is 6.30. The van der Waals surface area contributed by atoms with E-state index in [1.807, 2.05) is 25.1 Å². The lowest BCUT2D eigenvalue weighted by molar-refractivity contribution is -0.141. The van der Waals surface area contributed by atoms with Gasteiger partial charge in [-0.3, -0.25) is 9.69 Å². The molecule has 1 atom stereocenters. The molecular weight excluding hydrogens is 238 g/mol. The molecule has 3 heteroatoms. The van der Waals surface area contributed by atoms with Crippen LogP contribution in [0.4, 0.5) is 0 Å². The van der Waals surface area contributed by atoms with E-state index in [0.717, 1.165) is 25.1 Å². The third kappa shape index (κ3) is 6.20. The first-order valence-corrected chi connectivity index (χ1v) is 6.62. The van der Waals surface area contributed by atoms with E-state index in [4.69, 9.17) is 5.11 Å². The molecule has 0 aliphatic carbocycles. The molecule has 104 valence electrons. The van der Waals surface area contributed by atoms with Gasteiger partial charge in [-0.2, -0.15) is 0 Å². The Labute approximate surface area is 115 Å². The standard InChI is InChI=1S/C16H23NO2/c1-13(2)11-17(12-14(3)16(18)19)10-9-15-7-5-4-6-8-15/h4-8,14H,1,9-12H2,2-3H3,(H,18,19). The fraction of sp³-hybridized carbons (Fsp3) is 0.438. The lowest BCUT2D eigenvalue weighted by Crippen LogP contribution is -2.34. The van der Waals surface area contributed by atoms with Gasteiger partial charge in [0.15, 0.2) is 0 Å². The largest absolute Gasteiger partial charge is 0.481 e. The Morgan fingerprint density at radius 3 is 2.53 bits per heavy atom. The summed E-state index contributed by atoms with van der Waals surface area (Å²) in [5.41, 5.74) is 2.34. The van der Waals surface area contributed by atoms with Crippen molar-refractivity contribution < 1.29 is 9.90 Å². The summed E-state index contributed by atoms with van der Waals surface area (Å²) in [6, 6.07) is 10.2. The summed E-state index contributed by atoms with van der Waals surface area (Å²) in [5, 5.41) is 9.00. The Hall–Kier alpha value is -1.61. The van der Waals surface area contributed by atoms with Crippen LogP contribution in [0.1, 0.15) is 19.4 Å². The van der Waals surface area contributed by atoms with Crippen molar-refractivity contribution in [3.05, 3.63) is 48.0 Å². The van der Waals surface area contributed by atoms with Gasteiger partial charge in [0.2, 0.25) is 0 Å². The molecule has 0 amide bonds. The van der Waals surface area contributed by atoms with Gasteiger partial charge in [0.1, 0.15) is 0 Å². The van der Waals surface area contributed by atoms with Crippen molar-refractivity contribution in [2.24, 2.45) is 5.92 Å². The number of rotatable bonds is 8. The quantitative estimate of drug-likeness (QED) is 0.732. The maximum atomic E-state index is 10.9. The lowest BCUT2D eigenvalue weighted by atomic mass is 10.1. The van der Waals surface area contributed by atoms with Gasteiger partial charge in [-0.05, 0) is 18.9 Å². The fourth-order valence-electron chi connectivity index (χ4n) is 2.01. The molecule has 0 radical (unpaired) electrons. The van der Waals surface area contributed by atoms with Crippen LogP contribution in [0.15, 0.2) is 42.5 Å². The predicted molar refractivity (Wildman–Crippen MR) is 78.2 cm³/mol. The maximum Gasteiger partial charge on any atom is 0.307 e. The van der Waals surface area contributed by atoms with E-state index in [9.17, 15) is 4.79 Å². The van der Waals surface area contributed by atoms with Gasteiger partial charge in [0, 0.05) is 19.6 Å². The normalized spacial score (nSPS) is 12.4. The average molecular weight is 261 g/mol. The van der Waals surface area contributed by atoms with Crippen LogP contribution in [0.3, 0.4) is 0 Å². The van der Waals surface area contributed by atoms with Crippen LogP contribution in [-0.4, -0.2) is 35.6 Å². The summed E-state index contributed by atoms with van der Waals surface area (Å²) in [6.45, 7) is 9.81. The maximum absolute atomic E-state index is 10.9. The Bertz CT molecular complexity index is 414. The zero-order valence-electron chi connectivity index (χ0n) is 11.8. The number of hydrogen-bond acceptors (Lipinski definition) is 2. The van der Waals surface area contributed by atoms with Gasteiger partial charge in [-0.15, -0.1) is 0 Å². The number of carboxylic acids is 1. The molecule has 0 aromatic heterocycles. The number of nitrogens with zero attached hydrogens (tertiary/aromatic N) is 1. The summed E-state index contributed by atoms with van der Waals surface area (Å²) >= 11 is 0. The molecule has 1 aromatic rings. The second-order valence-electron chi connectivity index (χ2n) is 5.17. The van der Waals surface area contributed by atoms with Gasteiger partial charge in [-0.1, -0.05) is 49.4 Å². The molecule has 1 unspecified atom stereocenters. The molecule has 0 aliphatic heterocycles. The third-order valence-corrected chi connectivity index (χ3v) is 3.01. The second-order valence-corrected chi connectivity index (χ2v) is 5.17. The van der Waals surface area contributed by atoms with Crippen molar-refractivity contribution in [1.29, 1.82) is 0 Å². The topological polar surface area (TPSA) is 40.5 Å².